The molecule has 2 saturated heterocycles. The second-order valence-electron chi connectivity index (χ2n) is 9.57. The molecule has 2 aliphatic heterocycles. The van der Waals surface area contributed by atoms with Crippen molar-refractivity contribution in [1.29, 1.82) is 0 Å². The van der Waals surface area contributed by atoms with Crippen LogP contribution in [-0.2, 0) is 23.9 Å². The second-order valence-corrected chi connectivity index (χ2v) is 9.57. The third kappa shape index (κ3) is 7.09. The van der Waals surface area contributed by atoms with Gasteiger partial charge in [-0.2, -0.15) is 0 Å². The van der Waals surface area contributed by atoms with Crippen molar-refractivity contribution in [3.8, 4) is 0 Å². The average molecular weight is 442 g/mol. The Labute approximate surface area is 183 Å². The molecule has 0 aromatic rings. The zero-order valence-corrected chi connectivity index (χ0v) is 19.1. The second kappa shape index (κ2) is 10.3. The highest BCUT2D eigenvalue weighted by atomic mass is 16.6. The van der Waals surface area contributed by atoms with Gasteiger partial charge in [0.2, 0.25) is 5.91 Å². The van der Waals surface area contributed by atoms with Crippen molar-refractivity contribution in [3.63, 3.8) is 0 Å². The molecular formula is C21H35N3O7. The standard InChI is InChI=1S/C21H35N3O7/c1-14(2)11-24(18(26)19(27)28)16-10-15(17(25)22-6-8-30-9-7-22)12-23(13-16)20(29)31-21(3,4)5/h14-16H,6-13H2,1-5H3,(H,27,28). The Hall–Kier alpha value is -2.36. The molecule has 0 bridgehead atoms. The van der Waals surface area contributed by atoms with E-state index in [9.17, 15) is 24.3 Å². The number of nitrogens with zero attached hydrogens (tertiary/aromatic N) is 3. The van der Waals surface area contributed by atoms with E-state index in [2.05, 4.69) is 0 Å². The molecule has 0 aliphatic carbocycles. The predicted molar refractivity (Wildman–Crippen MR) is 111 cm³/mol. The van der Waals surface area contributed by atoms with Gasteiger partial charge in [-0.1, -0.05) is 13.8 Å². The summed E-state index contributed by atoms with van der Waals surface area (Å²) in [5.41, 5.74) is -0.720. The van der Waals surface area contributed by atoms with E-state index in [1.54, 1.807) is 25.7 Å². The molecular weight excluding hydrogens is 406 g/mol. The van der Waals surface area contributed by atoms with Crippen molar-refractivity contribution in [1.82, 2.24) is 14.7 Å². The van der Waals surface area contributed by atoms with Crippen LogP contribution in [0.1, 0.15) is 41.0 Å². The first-order chi connectivity index (χ1) is 14.4. The lowest BCUT2D eigenvalue weighted by atomic mass is 9.91. The fraction of sp³-hybridized carbons (Fsp3) is 0.810. The van der Waals surface area contributed by atoms with Crippen LogP contribution in [0.15, 0.2) is 0 Å². The van der Waals surface area contributed by atoms with Gasteiger partial charge in [0.25, 0.3) is 0 Å². The van der Waals surface area contributed by atoms with E-state index < -0.39 is 35.5 Å². The first-order valence-corrected chi connectivity index (χ1v) is 10.8. The smallest absolute Gasteiger partial charge is 0.410 e. The van der Waals surface area contributed by atoms with E-state index in [1.807, 2.05) is 13.8 Å². The minimum atomic E-state index is -1.55. The van der Waals surface area contributed by atoms with Crippen molar-refractivity contribution in [2.75, 3.05) is 45.9 Å². The first-order valence-electron chi connectivity index (χ1n) is 10.8. The van der Waals surface area contributed by atoms with Gasteiger partial charge < -0.3 is 29.3 Å². The fourth-order valence-corrected chi connectivity index (χ4v) is 3.91. The van der Waals surface area contributed by atoms with E-state index in [0.717, 1.165) is 0 Å². The molecule has 0 spiro atoms. The number of amides is 3. The van der Waals surface area contributed by atoms with Crippen LogP contribution in [0.3, 0.4) is 0 Å². The van der Waals surface area contributed by atoms with Gasteiger partial charge in [-0.15, -0.1) is 0 Å². The van der Waals surface area contributed by atoms with Gasteiger partial charge in [0.05, 0.1) is 25.2 Å². The van der Waals surface area contributed by atoms with E-state index in [0.29, 0.717) is 32.7 Å². The summed E-state index contributed by atoms with van der Waals surface area (Å²) in [7, 11) is 0. The van der Waals surface area contributed by atoms with Crippen LogP contribution in [0.25, 0.3) is 0 Å². The molecule has 31 heavy (non-hydrogen) atoms. The maximum atomic E-state index is 13.2. The van der Waals surface area contributed by atoms with Gasteiger partial charge in [0, 0.05) is 32.7 Å². The number of morpholine rings is 1. The Balaban J connectivity index is 2.29. The van der Waals surface area contributed by atoms with Gasteiger partial charge in [-0.25, -0.2) is 9.59 Å². The number of ether oxygens (including phenoxy) is 2. The monoisotopic (exact) mass is 441 g/mol. The van der Waals surface area contributed by atoms with Gasteiger partial charge in [0.15, 0.2) is 0 Å². The quantitative estimate of drug-likeness (QED) is 0.648. The predicted octanol–water partition coefficient (Wildman–Crippen LogP) is 1.04. The largest absolute Gasteiger partial charge is 0.474 e. The molecule has 2 fully saturated rings. The summed E-state index contributed by atoms with van der Waals surface area (Å²) in [6, 6.07) is -0.595. The molecule has 176 valence electrons. The zero-order chi connectivity index (χ0) is 23.3. The minimum Gasteiger partial charge on any atom is -0.474 e. The van der Waals surface area contributed by atoms with Crippen LogP contribution in [0.5, 0.6) is 0 Å². The van der Waals surface area contributed by atoms with Crippen LogP contribution < -0.4 is 0 Å². The summed E-state index contributed by atoms with van der Waals surface area (Å²) >= 11 is 0. The summed E-state index contributed by atoms with van der Waals surface area (Å²) in [6.45, 7) is 11.4. The number of rotatable bonds is 4. The van der Waals surface area contributed by atoms with E-state index in [4.69, 9.17) is 9.47 Å². The number of hydrogen-bond donors (Lipinski definition) is 1. The molecule has 2 aliphatic rings. The topological polar surface area (TPSA) is 117 Å². The summed E-state index contributed by atoms with van der Waals surface area (Å²) in [4.78, 5) is 54.3. The average Bonchev–Trinajstić information content (AvgIpc) is 2.69. The SMILES string of the molecule is CC(C)CN(C(=O)C(=O)O)C1CC(C(=O)N2CCOCC2)CN(C(=O)OC(C)(C)C)C1. The number of carbonyl (C=O) groups excluding carboxylic acids is 3. The summed E-state index contributed by atoms with van der Waals surface area (Å²) in [5, 5.41) is 9.32. The maximum absolute atomic E-state index is 13.2. The molecule has 0 aromatic heterocycles. The number of carbonyl (C=O) groups is 4. The molecule has 2 rings (SSSR count). The molecule has 2 atom stereocenters. The van der Waals surface area contributed by atoms with Gasteiger partial charge in [0.1, 0.15) is 5.60 Å². The third-order valence-electron chi connectivity index (χ3n) is 5.20. The fourth-order valence-electron chi connectivity index (χ4n) is 3.91. The highest BCUT2D eigenvalue weighted by Crippen LogP contribution is 2.26. The molecule has 2 heterocycles. The Bertz CT molecular complexity index is 683. The van der Waals surface area contributed by atoms with E-state index >= 15 is 0 Å². The van der Waals surface area contributed by atoms with Gasteiger partial charge in [-0.3, -0.25) is 9.59 Å². The minimum absolute atomic E-state index is 0.0218. The van der Waals surface area contributed by atoms with Crippen molar-refractivity contribution in [3.05, 3.63) is 0 Å². The Kier molecular flexibility index (Phi) is 8.27. The van der Waals surface area contributed by atoms with Crippen molar-refractivity contribution in [2.24, 2.45) is 11.8 Å². The summed E-state index contributed by atoms with van der Waals surface area (Å²) in [5.74, 6) is -3.23. The van der Waals surface area contributed by atoms with Crippen molar-refractivity contribution >= 4 is 23.9 Å². The van der Waals surface area contributed by atoms with Crippen molar-refractivity contribution in [2.45, 2.75) is 52.7 Å². The zero-order valence-electron chi connectivity index (χ0n) is 19.1. The van der Waals surface area contributed by atoms with Gasteiger partial charge in [-0.05, 0) is 33.1 Å². The maximum Gasteiger partial charge on any atom is 0.410 e. The first kappa shape index (κ1) is 24.9. The number of hydrogen-bond acceptors (Lipinski definition) is 6. The Morgan fingerprint density at radius 3 is 2.23 bits per heavy atom. The number of aliphatic carboxylic acids is 1. The molecule has 10 nitrogen and oxygen atoms in total. The lowest BCUT2D eigenvalue weighted by Gasteiger charge is -2.43. The highest BCUT2D eigenvalue weighted by molar-refractivity contribution is 6.31. The number of likely N-dealkylation sites (tertiary alicyclic amines) is 1. The Morgan fingerprint density at radius 1 is 1.10 bits per heavy atom. The Morgan fingerprint density at radius 2 is 1.71 bits per heavy atom. The molecule has 0 aromatic carbocycles. The molecule has 0 saturated carbocycles. The number of piperidine rings is 1. The molecule has 10 heteroatoms. The lowest BCUT2D eigenvalue weighted by molar-refractivity contribution is -0.159. The number of carboxylic acids is 1. The number of carboxylic acid groups (broad SMARTS) is 1. The molecule has 3 amide bonds. The molecule has 1 N–H and O–H groups in total. The normalized spacial score (nSPS) is 22.3. The van der Waals surface area contributed by atoms with Gasteiger partial charge >= 0.3 is 18.0 Å². The van der Waals surface area contributed by atoms with Crippen molar-refractivity contribution < 1.29 is 33.8 Å². The molecule has 0 radical (unpaired) electrons. The third-order valence-corrected chi connectivity index (χ3v) is 5.20. The highest BCUT2D eigenvalue weighted by Gasteiger charge is 2.41. The van der Waals surface area contributed by atoms with E-state index in [-0.39, 0.29) is 31.5 Å². The summed E-state index contributed by atoms with van der Waals surface area (Å²) in [6.07, 6.45) is -0.287. The molecule has 2 unspecified atom stereocenters. The van der Waals surface area contributed by atoms with Crippen LogP contribution in [0, 0.1) is 11.8 Å². The van der Waals surface area contributed by atoms with Crippen LogP contribution >= 0.6 is 0 Å². The van der Waals surface area contributed by atoms with Crippen LogP contribution in [0.2, 0.25) is 0 Å². The summed E-state index contributed by atoms with van der Waals surface area (Å²) < 4.78 is 10.8. The van der Waals surface area contributed by atoms with Crippen LogP contribution in [0.4, 0.5) is 4.79 Å². The van der Waals surface area contributed by atoms with Crippen LogP contribution in [-0.4, -0.2) is 101 Å². The van der Waals surface area contributed by atoms with E-state index in [1.165, 1.54) is 9.80 Å². The lowest BCUT2D eigenvalue weighted by Crippen LogP contribution is -2.59.